The molecular weight excluding hydrogens is 284 g/mol. The van der Waals surface area contributed by atoms with Crippen molar-refractivity contribution in [1.82, 2.24) is 0 Å². The summed E-state index contributed by atoms with van der Waals surface area (Å²) in [6, 6.07) is 4.95. The first-order valence-corrected chi connectivity index (χ1v) is 6.06. The number of aliphatic hydroxyl groups excluding tert-OH is 1. The lowest BCUT2D eigenvalue weighted by atomic mass is 10.1. The maximum atomic E-state index is 11.0. The Labute approximate surface area is 125 Å². The van der Waals surface area contributed by atoms with E-state index in [1.54, 1.807) is 13.0 Å². The fraction of sp³-hybridized carbons (Fsp3) is 0.538. The van der Waals surface area contributed by atoms with E-state index in [9.17, 15) is 15.2 Å². The Morgan fingerprint density at radius 1 is 1.45 bits per heavy atom. The lowest BCUT2D eigenvalue weighted by molar-refractivity contribution is -0.906. The van der Waals surface area contributed by atoms with Crippen molar-refractivity contribution in [3.63, 3.8) is 0 Å². The lowest BCUT2D eigenvalue weighted by Gasteiger charge is -2.31. The number of quaternary nitrogens is 1. The Kier molecular flexibility index (Phi) is 6.91. The second kappa shape index (κ2) is 7.42. The molecule has 0 bridgehead atoms. The van der Waals surface area contributed by atoms with Crippen molar-refractivity contribution in [2.45, 2.75) is 19.6 Å². The van der Waals surface area contributed by atoms with E-state index >= 15 is 0 Å². The van der Waals surface area contributed by atoms with Crippen molar-refractivity contribution in [2.75, 3.05) is 27.7 Å². The summed E-state index contributed by atoms with van der Waals surface area (Å²) in [5.41, 5.74) is 0.815. The second-order valence-electron chi connectivity index (χ2n) is 5.39. The monoisotopic (exact) mass is 304 g/mol. The minimum atomic E-state index is -0.447. The van der Waals surface area contributed by atoms with Crippen LogP contribution in [-0.2, 0) is 6.54 Å². The van der Waals surface area contributed by atoms with Crippen molar-refractivity contribution in [2.24, 2.45) is 0 Å². The van der Waals surface area contributed by atoms with Gasteiger partial charge in [-0.25, -0.2) is 0 Å². The number of nitrogens with zero attached hydrogens (tertiary/aromatic N) is 2. The summed E-state index contributed by atoms with van der Waals surface area (Å²) in [4.78, 5) is 10.5. The normalized spacial score (nSPS) is 12.4. The largest absolute Gasteiger partial charge is 1.00 e. The fourth-order valence-electron chi connectivity index (χ4n) is 2.25. The second-order valence-corrected chi connectivity index (χ2v) is 5.39. The molecule has 7 heteroatoms. The molecule has 0 fully saturated rings. The van der Waals surface area contributed by atoms with Gasteiger partial charge in [0.05, 0.1) is 26.1 Å². The van der Waals surface area contributed by atoms with Gasteiger partial charge in [-0.15, -0.1) is 0 Å². The molecule has 0 aliphatic heterocycles. The molecule has 0 heterocycles. The standard InChI is InChI=1S/C13H21N2O4.ClH/c1-10(16)8-15(2,3)9-11-5-6-13(19-4)12(7-11)14(17)18;/h5-7,10,16H,8-9H2,1-4H3;1H/q+1;/p-1. The number of methoxy groups -OCH3 is 1. The summed E-state index contributed by atoms with van der Waals surface area (Å²) in [5, 5.41) is 20.4. The van der Waals surface area contributed by atoms with Crippen LogP contribution in [0, 0.1) is 10.1 Å². The highest BCUT2D eigenvalue weighted by Gasteiger charge is 2.22. The Bertz CT molecular complexity index is 464. The average molecular weight is 305 g/mol. The predicted octanol–water partition coefficient (Wildman–Crippen LogP) is -1.44. The van der Waals surface area contributed by atoms with Gasteiger partial charge in [0.25, 0.3) is 0 Å². The quantitative estimate of drug-likeness (QED) is 0.397. The molecule has 1 aromatic rings. The van der Waals surface area contributed by atoms with Crippen molar-refractivity contribution in [1.29, 1.82) is 0 Å². The summed E-state index contributed by atoms with van der Waals surface area (Å²) in [5.74, 6) is 0.259. The molecule has 1 unspecified atom stereocenters. The van der Waals surface area contributed by atoms with E-state index in [0.717, 1.165) is 5.56 Å². The minimum Gasteiger partial charge on any atom is -1.00 e. The van der Waals surface area contributed by atoms with Crippen LogP contribution < -0.4 is 17.1 Å². The number of rotatable bonds is 6. The van der Waals surface area contributed by atoms with Crippen LogP contribution in [0.25, 0.3) is 0 Å². The van der Waals surface area contributed by atoms with Crippen LogP contribution in [0.5, 0.6) is 5.75 Å². The van der Waals surface area contributed by atoms with Gasteiger partial charge >= 0.3 is 5.69 Å². The molecular formula is C13H21ClN2O4. The molecule has 1 atom stereocenters. The number of ether oxygens (including phenoxy) is 1. The van der Waals surface area contributed by atoms with Gasteiger partial charge in [-0.2, -0.15) is 0 Å². The highest BCUT2D eigenvalue weighted by molar-refractivity contribution is 5.48. The van der Waals surface area contributed by atoms with Gasteiger partial charge in [0.2, 0.25) is 0 Å². The number of aliphatic hydroxyl groups is 1. The smallest absolute Gasteiger partial charge is 0.311 e. The van der Waals surface area contributed by atoms with E-state index in [1.807, 2.05) is 20.2 Å². The Morgan fingerprint density at radius 2 is 2.05 bits per heavy atom. The first-order chi connectivity index (χ1) is 8.75. The fourth-order valence-corrected chi connectivity index (χ4v) is 2.25. The molecule has 0 aliphatic rings. The summed E-state index contributed by atoms with van der Waals surface area (Å²) >= 11 is 0. The van der Waals surface area contributed by atoms with Crippen LogP contribution in [0.3, 0.4) is 0 Å². The van der Waals surface area contributed by atoms with E-state index in [1.165, 1.54) is 13.2 Å². The summed E-state index contributed by atoms with van der Waals surface area (Å²) < 4.78 is 5.53. The van der Waals surface area contributed by atoms with E-state index in [4.69, 9.17) is 4.74 Å². The average Bonchev–Trinajstić information content (AvgIpc) is 2.26. The van der Waals surface area contributed by atoms with Gasteiger partial charge in [-0.05, 0) is 19.1 Å². The SMILES string of the molecule is COc1ccc(C[N+](C)(C)CC(C)O)cc1[N+](=O)[O-].[Cl-]. The van der Waals surface area contributed by atoms with E-state index in [-0.39, 0.29) is 23.8 Å². The van der Waals surface area contributed by atoms with Crippen LogP contribution >= 0.6 is 0 Å². The van der Waals surface area contributed by atoms with Gasteiger partial charge < -0.3 is 26.7 Å². The summed E-state index contributed by atoms with van der Waals surface area (Å²) in [7, 11) is 5.36. The molecule has 0 aliphatic carbocycles. The predicted molar refractivity (Wildman–Crippen MR) is 72.0 cm³/mol. The van der Waals surface area contributed by atoms with E-state index in [0.29, 0.717) is 17.6 Å². The molecule has 0 spiro atoms. The number of benzene rings is 1. The van der Waals surface area contributed by atoms with Gasteiger partial charge in [0.15, 0.2) is 5.75 Å². The number of likely N-dealkylation sites (N-methyl/N-ethyl adjacent to an activating group) is 1. The number of nitro benzene ring substituents is 1. The molecule has 0 amide bonds. The Morgan fingerprint density at radius 3 is 2.50 bits per heavy atom. The molecule has 0 aromatic heterocycles. The van der Waals surface area contributed by atoms with Crippen LogP contribution in [0.1, 0.15) is 12.5 Å². The first-order valence-electron chi connectivity index (χ1n) is 6.06. The highest BCUT2D eigenvalue weighted by atomic mass is 35.5. The number of hydrogen-bond acceptors (Lipinski definition) is 4. The molecule has 20 heavy (non-hydrogen) atoms. The third-order valence-electron chi connectivity index (χ3n) is 2.81. The number of halogens is 1. The highest BCUT2D eigenvalue weighted by Crippen LogP contribution is 2.28. The van der Waals surface area contributed by atoms with Gasteiger partial charge in [-0.3, -0.25) is 10.1 Å². The zero-order valence-electron chi connectivity index (χ0n) is 12.2. The zero-order chi connectivity index (χ0) is 14.6. The summed E-state index contributed by atoms with van der Waals surface area (Å²) in [6.07, 6.45) is -0.414. The van der Waals surface area contributed by atoms with Crippen molar-refractivity contribution in [3.05, 3.63) is 33.9 Å². The van der Waals surface area contributed by atoms with Crippen LogP contribution in [0.2, 0.25) is 0 Å². The van der Waals surface area contributed by atoms with Crippen molar-refractivity contribution in [3.8, 4) is 5.75 Å². The van der Waals surface area contributed by atoms with Gasteiger partial charge in [0, 0.05) is 11.6 Å². The van der Waals surface area contributed by atoms with Crippen molar-refractivity contribution >= 4 is 5.69 Å². The molecule has 1 aromatic carbocycles. The topological polar surface area (TPSA) is 72.6 Å². The summed E-state index contributed by atoms with van der Waals surface area (Å²) in [6.45, 7) is 2.92. The van der Waals surface area contributed by atoms with Crippen molar-refractivity contribution < 1.29 is 31.7 Å². The van der Waals surface area contributed by atoms with E-state index in [2.05, 4.69) is 0 Å². The van der Waals surface area contributed by atoms with Gasteiger partial charge in [0.1, 0.15) is 19.2 Å². The molecule has 114 valence electrons. The molecule has 0 radical (unpaired) electrons. The lowest BCUT2D eigenvalue weighted by Crippen LogP contribution is -3.00. The minimum absolute atomic E-state index is 0. The van der Waals surface area contributed by atoms with Gasteiger partial charge in [-0.1, -0.05) is 0 Å². The maximum absolute atomic E-state index is 11.0. The molecule has 1 rings (SSSR count). The van der Waals surface area contributed by atoms with Crippen LogP contribution in [0.4, 0.5) is 5.69 Å². The maximum Gasteiger partial charge on any atom is 0.311 e. The zero-order valence-corrected chi connectivity index (χ0v) is 12.9. The van der Waals surface area contributed by atoms with E-state index < -0.39 is 11.0 Å². The third-order valence-corrected chi connectivity index (χ3v) is 2.81. The Balaban J connectivity index is 0.00000361. The molecule has 0 saturated carbocycles. The first kappa shape index (κ1) is 18.6. The molecule has 0 saturated heterocycles. The molecule has 6 nitrogen and oxygen atoms in total. The number of nitro groups is 1. The van der Waals surface area contributed by atoms with Crippen LogP contribution in [0.15, 0.2) is 18.2 Å². The van der Waals surface area contributed by atoms with Crippen LogP contribution in [-0.4, -0.2) is 48.4 Å². The molecule has 1 N–H and O–H groups in total. The number of hydrogen-bond donors (Lipinski definition) is 1. The Hall–Kier alpha value is -1.37. The third kappa shape index (κ3) is 5.32.